The van der Waals surface area contributed by atoms with E-state index in [0.717, 1.165) is 16.5 Å². The number of aromatic nitrogens is 1. The molecular weight excluding hydrogens is 364 g/mol. The Hall–Kier alpha value is -2.55. The second-order valence-corrected chi connectivity index (χ2v) is 6.68. The first-order valence-corrected chi connectivity index (χ1v) is 9.14. The number of methoxy groups -OCH3 is 2. The summed E-state index contributed by atoms with van der Waals surface area (Å²) in [5, 5.41) is 5.00. The molecule has 1 aromatic carbocycles. The lowest BCUT2D eigenvalue weighted by atomic mass is 9.88. The first-order valence-electron chi connectivity index (χ1n) is 9.14. The number of fused-ring (bicyclic) bond motifs is 3. The van der Waals surface area contributed by atoms with Crippen LogP contribution in [0.4, 0.5) is 0 Å². The molecule has 4 rings (SSSR count). The predicted molar refractivity (Wildman–Crippen MR) is 99.4 cm³/mol. The molecule has 0 radical (unpaired) electrons. The number of esters is 1. The van der Waals surface area contributed by atoms with E-state index in [9.17, 15) is 4.79 Å². The van der Waals surface area contributed by atoms with E-state index in [-0.39, 0.29) is 31.3 Å². The topological polar surface area (TPSA) is 88.5 Å². The second kappa shape index (κ2) is 7.46. The van der Waals surface area contributed by atoms with Gasteiger partial charge in [0.25, 0.3) is 5.79 Å². The number of ether oxygens (including phenoxy) is 4. The number of hydrogen-bond acceptors (Lipinski definition) is 8. The lowest BCUT2D eigenvalue weighted by Crippen LogP contribution is -2.45. The smallest absolute Gasteiger partial charge is 0.356 e. The molecular formula is C20H22N2O6. The maximum absolute atomic E-state index is 12.1. The molecule has 2 aliphatic rings. The van der Waals surface area contributed by atoms with E-state index in [1.54, 1.807) is 21.1 Å². The van der Waals surface area contributed by atoms with Crippen molar-refractivity contribution in [2.24, 2.45) is 11.1 Å². The van der Waals surface area contributed by atoms with E-state index in [4.69, 9.17) is 28.8 Å². The van der Waals surface area contributed by atoms with Gasteiger partial charge in [-0.1, -0.05) is 23.4 Å². The third kappa shape index (κ3) is 2.94. The summed E-state index contributed by atoms with van der Waals surface area (Å²) in [4.78, 5) is 22.8. The molecule has 0 unspecified atom stereocenters. The third-order valence-electron chi connectivity index (χ3n) is 4.98. The SMILES string of the molecule is CCOC(=O)C1=NO[C@@]2(O[C@@H](OC)c3cc4ccccc4nc32)[C@H](COC)C1. The highest BCUT2D eigenvalue weighted by atomic mass is 16.8. The van der Waals surface area contributed by atoms with Crippen LogP contribution in [0.25, 0.3) is 10.9 Å². The number of oxime groups is 1. The standard InChI is InChI=1S/C20H22N2O6/c1-4-26-18(23)16-10-13(11-24-2)20(28-22-16)17-14(19(25-3)27-20)9-12-7-5-6-8-15(12)21-17/h5-9,13,19H,4,10-11H2,1-3H3/t13-,19+,20-/m0/s1. The number of carbonyl (C=O) groups is 1. The molecule has 1 aromatic heterocycles. The summed E-state index contributed by atoms with van der Waals surface area (Å²) in [5.74, 6) is -2.17. The van der Waals surface area contributed by atoms with Gasteiger partial charge < -0.3 is 19.0 Å². The highest BCUT2D eigenvalue weighted by Crippen LogP contribution is 2.51. The lowest BCUT2D eigenvalue weighted by molar-refractivity contribution is -0.331. The summed E-state index contributed by atoms with van der Waals surface area (Å²) in [6, 6.07) is 9.75. The molecule has 28 heavy (non-hydrogen) atoms. The van der Waals surface area contributed by atoms with Gasteiger partial charge in [-0.2, -0.15) is 0 Å². The second-order valence-electron chi connectivity index (χ2n) is 6.68. The number of nitrogens with zero attached hydrogens (tertiary/aromatic N) is 2. The Balaban J connectivity index is 1.82. The van der Waals surface area contributed by atoms with Gasteiger partial charge in [0.15, 0.2) is 12.0 Å². The molecule has 3 atom stereocenters. The van der Waals surface area contributed by atoms with Crippen molar-refractivity contribution in [1.29, 1.82) is 0 Å². The van der Waals surface area contributed by atoms with Crippen LogP contribution in [0.5, 0.6) is 0 Å². The molecule has 2 aliphatic heterocycles. The number of pyridine rings is 1. The summed E-state index contributed by atoms with van der Waals surface area (Å²) >= 11 is 0. The first-order chi connectivity index (χ1) is 13.6. The summed E-state index contributed by atoms with van der Waals surface area (Å²) < 4.78 is 22.2. The van der Waals surface area contributed by atoms with Gasteiger partial charge in [-0.15, -0.1) is 0 Å². The summed E-state index contributed by atoms with van der Waals surface area (Å²) in [5.41, 5.74) is 2.37. The van der Waals surface area contributed by atoms with Gasteiger partial charge in [-0.25, -0.2) is 9.78 Å². The van der Waals surface area contributed by atoms with Crippen molar-refractivity contribution in [1.82, 2.24) is 4.98 Å². The Labute approximate surface area is 162 Å². The fourth-order valence-corrected chi connectivity index (χ4v) is 3.71. The monoisotopic (exact) mass is 386 g/mol. The van der Waals surface area contributed by atoms with E-state index in [1.807, 2.05) is 30.3 Å². The van der Waals surface area contributed by atoms with Crippen molar-refractivity contribution in [3.8, 4) is 0 Å². The van der Waals surface area contributed by atoms with Crippen LogP contribution in [0.1, 0.15) is 30.9 Å². The Bertz CT molecular complexity index is 930. The lowest BCUT2D eigenvalue weighted by Gasteiger charge is -2.37. The molecule has 0 N–H and O–H groups in total. The summed E-state index contributed by atoms with van der Waals surface area (Å²) in [6.45, 7) is 2.28. The molecule has 8 nitrogen and oxygen atoms in total. The van der Waals surface area contributed by atoms with E-state index in [2.05, 4.69) is 5.16 Å². The highest BCUT2D eigenvalue weighted by Gasteiger charge is 2.58. The molecule has 0 fully saturated rings. The number of rotatable bonds is 5. The Morgan fingerprint density at radius 1 is 1.32 bits per heavy atom. The van der Waals surface area contributed by atoms with E-state index in [0.29, 0.717) is 5.69 Å². The van der Waals surface area contributed by atoms with Crippen LogP contribution in [0.3, 0.4) is 0 Å². The molecule has 8 heteroatoms. The van der Waals surface area contributed by atoms with Crippen molar-refractivity contribution in [2.45, 2.75) is 25.4 Å². The molecule has 2 aromatic rings. The largest absolute Gasteiger partial charge is 0.461 e. The predicted octanol–water partition coefficient (Wildman–Crippen LogP) is 2.66. The van der Waals surface area contributed by atoms with E-state index >= 15 is 0 Å². The minimum atomic E-state index is -1.30. The Kier molecular flexibility index (Phi) is 5.01. The highest BCUT2D eigenvalue weighted by molar-refractivity contribution is 6.36. The Morgan fingerprint density at radius 3 is 2.89 bits per heavy atom. The zero-order valence-electron chi connectivity index (χ0n) is 16.0. The van der Waals surface area contributed by atoms with Gasteiger partial charge >= 0.3 is 5.97 Å². The van der Waals surface area contributed by atoms with Crippen LogP contribution in [0, 0.1) is 5.92 Å². The van der Waals surface area contributed by atoms with Crippen molar-refractivity contribution in [2.75, 3.05) is 27.4 Å². The van der Waals surface area contributed by atoms with Crippen LogP contribution in [-0.2, 0) is 34.4 Å². The van der Waals surface area contributed by atoms with Crippen LogP contribution in [0.15, 0.2) is 35.5 Å². The van der Waals surface area contributed by atoms with E-state index < -0.39 is 18.0 Å². The molecule has 3 heterocycles. The minimum Gasteiger partial charge on any atom is -0.461 e. The minimum absolute atomic E-state index is 0.196. The number of benzene rings is 1. The molecule has 0 amide bonds. The average molecular weight is 386 g/mol. The fourth-order valence-electron chi connectivity index (χ4n) is 3.71. The van der Waals surface area contributed by atoms with Gasteiger partial charge in [0.1, 0.15) is 5.69 Å². The van der Waals surface area contributed by atoms with Crippen LogP contribution in [-0.4, -0.2) is 44.1 Å². The van der Waals surface area contributed by atoms with Crippen molar-refractivity contribution < 1.29 is 28.6 Å². The van der Waals surface area contributed by atoms with Crippen molar-refractivity contribution >= 4 is 22.6 Å². The molecule has 0 bridgehead atoms. The van der Waals surface area contributed by atoms with Gasteiger partial charge in [0.2, 0.25) is 0 Å². The van der Waals surface area contributed by atoms with Crippen LogP contribution in [0.2, 0.25) is 0 Å². The van der Waals surface area contributed by atoms with Gasteiger partial charge in [0.05, 0.1) is 24.6 Å². The zero-order valence-corrected chi connectivity index (χ0v) is 16.0. The first kappa shape index (κ1) is 18.8. The number of para-hydroxylation sites is 1. The summed E-state index contributed by atoms with van der Waals surface area (Å²) in [7, 11) is 3.14. The van der Waals surface area contributed by atoms with Gasteiger partial charge in [-0.3, -0.25) is 4.74 Å². The maximum atomic E-state index is 12.1. The quantitative estimate of drug-likeness (QED) is 0.730. The normalized spacial score (nSPS) is 26.0. The van der Waals surface area contributed by atoms with Crippen molar-refractivity contribution in [3.05, 3.63) is 41.6 Å². The number of hydrogen-bond donors (Lipinski definition) is 0. The Morgan fingerprint density at radius 2 is 2.14 bits per heavy atom. The van der Waals surface area contributed by atoms with Crippen molar-refractivity contribution in [3.63, 3.8) is 0 Å². The summed E-state index contributed by atoms with van der Waals surface area (Å²) in [6.07, 6.45) is -0.386. The van der Waals surface area contributed by atoms with E-state index in [1.165, 1.54) is 0 Å². The van der Waals surface area contributed by atoms with Crippen LogP contribution < -0.4 is 0 Å². The molecule has 0 saturated carbocycles. The fraction of sp³-hybridized carbons (Fsp3) is 0.450. The zero-order chi connectivity index (χ0) is 19.7. The maximum Gasteiger partial charge on any atom is 0.356 e. The number of carbonyl (C=O) groups excluding carboxylic acids is 1. The molecule has 148 valence electrons. The van der Waals surface area contributed by atoms with Gasteiger partial charge in [-0.05, 0) is 19.1 Å². The van der Waals surface area contributed by atoms with Gasteiger partial charge in [0, 0.05) is 31.6 Å². The molecule has 0 aliphatic carbocycles. The van der Waals surface area contributed by atoms with Crippen LogP contribution >= 0.6 is 0 Å². The molecule has 1 spiro atoms. The molecule has 0 saturated heterocycles. The average Bonchev–Trinajstić information content (AvgIpc) is 3.02. The third-order valence-corrected chi connectivity index (χ3v) is 4.98.